The van der Waals surface area contributed by atoms with Crippen molar-refractivity contribution >= 4 is 33.6 Å². The van der Waals surface area contributed by atoms with Crippen LogP contribution in [0.1, 0.15) is 25.3 Å². The number of hydrogen-bond donors (Lipinski definition) is 1. The molecular formula is C20H25N3O7S. The van der Waals surface area contributed by atoms with E-state index in [0.717, 1.165) is 7.11 Å². The first-order valence-corrected chi connectivity index (χ1v) is 11.5. The average Bonchev–Trinajstić information content (AvgIpc) is 3.18. The van der Waals surface area contributed by atoms with E-state index in [1.54, 1.807) is 30.3 Å². The lowest BCUT2D eigenvalue weighted by Gasteiger charge is -2.38. The fourth-order valence-corrected chi connectivity index (χ4v) is 5.47. The highest BCUT2D eigenvalue weighted by Crippen LogP contribution is 2.30. The molecule has 168 valence electrons. The fraction of sp³-hybridized carbons (Fsp3) is 0.500. The maximum absolute atomic E-state index is 12.8. The standard InChI is InChI=1S/C20H25N3O7S/c1-13(18(25)20(27)30-2)21-19(26)16-9-8-15-10-22(11-17(24)23(15)16)31(28,29)12-14-6-4-3-5-7-14/h3-7,13,15-16H,8-12H2,1-2H3,(H,21,26). The normalized spacial score (nSPS) is 22.5. The van der Waals surface area contributed by atoms with E-state index in [4.69, 9.17) is 0 Å². The molecule has 3 atom stereocenters. The summed E-state index contributed by atoms with van der Waals surface area (Å²) in [6.07, 6.45) is 0.800. The number of benzene rings is 1. The number of hydrogen-bond acceptors (Lipinski definition) is 7. The highest BCUT2D eigenvalue weighted by molar-refractivity contribution is 7.88. The van der Waals surface area contributed by atoms with Gasteiger partial charge in [0.25, 0.3) is 5.78 Å². The first kappa shape index (κ1) is 22.9. The Morgan fingerprint density at radius 1 is 1.19 bits per heavy atom. The summed E-state index contributed by atoms with van der Waals surface area (Å²) >= 11 is 0. The molecule has 2 aliphatic heterocycles. The molecule has 10 nitrogen and oxygen atoms in total. The van der Waals surface area contributed by atoms with Gasteiger partial charge < -0.3 is 15.0 Å². The number of esters is 1. The van der Waals surface area contributed by atoms with Crippen LogP contribution in [-0.2, 0) is 39.7 Å². The number of ether oxygens (including phenoxy) is 1. The second-order valence-corrected chi connectivity index (χ2v) is 9.64. The number of fused-ring (bicyclic) bond motifs is 1. The van der Waals surface area contributed by atoms with E-state index in [1.807, 2.05) is 0 Å². The summed E-state index contributed by atoms with van der Waals surface area (Å²) in [5, 5.41) is 2.45. The largest absolute Gasteiger partial charge is 0.463 e. The van der Waals surface area contributed by atoms with Gasteiger partial charge in [-0.1, -0.05) is 30.3 Å². The van der Waals surface area contributed by atoms with Gasteiger partial charge in [0.05, 0.1) is 25.4 Å². The summed E-state index contributed by atoms with van der Waals surface area (Å²) in [4.78, 5) is 50.0. The van der Waals surface area contributed by atoms with E-state index in [0.29, 0.717) is 18.4 Å². The molecule has 0 spiro atoms. The molecule has 2 aliphatic rings. The third-order valence-electron chi connectivity index (χ3n) is 5.54. The van der Waals surface area contributed by atoms with E-state index in [-0.39, 0.29) is 18.8 Å². The molecular weight excluding hydrogens is 426 g/mol. The second-order valence-electron chi connectivity index (χ2n) is 7.67. The van der Waals surface area contributed by atoms with Crippen LogP contribution in [0.3, 0.4) is 0 Å². The monoisotopic (exact) mass is 451 g/mol. The van der Waals surface area contributed by atoms with Crippen molar-refractivity contribution in [1.82, 2.24) is 14.5 Å². The van der Waals surface area contributed by atoms with Gasteiger partial charge in [0.15, 0.2) is 0 Å². The molecule has 1 N–H and O–H groups in total. The molecule has 3 rings (SSSR count). The van der Waals surface area contributed by atoms with Crippen molar-refractivity contribution in [2.24, 2.45) is 0 Å². The minimum atomic E-state index is -3.70. The number of piperazine rings is 1. The van der Waals surface area contributed by atoms with E-state index in [9.17, 15) is 27.6 Å². The summed E-state index contributed by atoms with van der Waals surface area (Å²) in [6.45, 7) is 1.13. The molecule has 0 aliphatic carbocycles. The first-order chi connectivity index (χ1) is 14.6. The quantitative estimate of drug-likeness (QED) is 0.434. The molecule has 0 radical (unpaired) electrons. The minimum absolute atomic E-state index is 0.112. The summed E-state index contributed by atoms with van der Waals surface area (Å²) in [5.41, 5.74) is 0.630. The highest BCUT2D eigenvalue weighted by Gasteiger charge is 2.47. The van der Waals surface area contributed by atoms with Crippen LogP contribution in [0.15, 0.2) is 30.3 Å². The van der Waals surface area contributed by atoms with Gasteiger partial charge in [-0.2, -0.15) is 4.31 Å². The Bertz CT molecular complexity index is 980. The molecule has 1 aromatic rings. The lowest BCUT2D eigenvalue weighted by atomic mass is 10.1. The third kappa shape index (κ3) is 4.93. The maximum Gasteiger partial charge on any atom is 0.376 e. The van der Waals surface area contributed by atoms with Crippen molar-refractivity contribution in [2.75, 3.05) is 20.2 Å². The summed E-state index contributed by atoms with van der Waals surface area (Å²) < 4.78 is 31.2. The fourth-order valence-electron chi connectivity index (χ4n) is 3.97. The molecule has 3 unspecified atom stereocenters. The SMILES string of the molecule is COC(=O)C(=O)C(C)NC(=O)C1CCC2CN(S(=O)(=O)Cc3ccccc3)CC(=O)N21. The van der Waals surface area contributed by atoms with Crippen molar-refractivity contribution in [3.05, 3.63) is 35.9 Å². The van der Waals surface area contributed by atoms with Crippen LogP contribution in [0.2, 0.25) is 0 Å². The van der Waals surface area contributed by atoms with Gasteiger partial charge in [0.1, 0.15) is 6.04 Å². The minimum Gasteiger partial charge on any atom is -0.463 e. The van der Waals surface area contributed by atoms with Crippen molar-refractivity contribution in [3.63, 3.8) is 0 Å². The van der Waals surface area contributed by atoms with Gasteiger partial charge in [-0.25, -0.2) is 13.2 Å². The second kappa shape index (κ2) is 9.15. The smallest absolute Gasteiger partial charge is 0.376 e. The Hall–Kier alpha value is -2.79. The Morgan fingerprint density at radius 2 is 1.87 bits per heavy atom. The molecule has 0 bridgehead atoms. The van der Waals surface area contributed by atoms with Crippen LogP contribution in [0.25, 0.3) is 0 Å². The molecule has 2 saturated heterocycles. The summed E-state index contributed by atoms with van der Waals surface area (Å²) in [6, 6.07) is 6.38. The van der Waals surface area contributed by atoms with Gasteiger partial charge in [0.2, 0.25) is 21.8 Å². The van der Waals surface area contributed by atoms with E-state index < -0.39 is 51.7 Å². The number of sulfonamides is 1. The number of carbonyl (C=O) groups is 4. The highest BCUT2D eigenvalue weighted by atomic mass is 32.2. The molecule has 11 heteroatoms. The number of Topliss-reactive ketones (excluding diaryl/α,β-unsaturated/α-hetero) is 1. The molecule has 2 heterocycles. The lowest BCUT2D eigenvalue weighted by molar-refractivity contribution is -0.153. The Kier molecular flexibility index (Phi) is 6.75. The lowest BCUT2D eigenvalue weighted by Crippen LogP contribution is -2.60. The van der Waals surface area contributed by atoms with Crippen molar-refractivity contribution in [3.8, 4) is 0 Å². The molecule has 0 saturated carbocycles. The zero-order valence-corrected chi connectivity index (χ0v) is 18.1. The topological polar surface area (TPSA) is 130 Å². The Morgan fingerprint density at radius 3 is 2.52 bits per heavy atom. The van der Waals surface area contributed by atoms with E-state index in [2.05, 4.69) is 10.1 Å². The van der Waals surface area contributed by atoms with Crippen LogP contribution < -0.4 is 5.32 Å². The number of methoxy groups -OCH3 is 1. The maximum atomic E-state index is 12.8. The Balaban J connectivity index is 1.66. The zero-order chi connectivity index (χ0) is 22.8. The number of ketones is 1. The van der Waals surface area contributed by atoms with Crippen LogP contribution in [-0.4, -0.2) is 79.5 Å². The van der Waals surface area contributed by atoms with Gasteiger partial charge in [-0.15, -0.1) is 0 Å². The predicted octanol–water partition coefficient (Wildman–Crippen LogP) is -0.562. The van der Waals surface area contributed by atoms with Crippen LogP contribution >= 0.6 is 0 Å². The number of nitrogens with zero attached hydrogens (tertiary/aromatic N) is 2. The van der Waals surface area contributed by atoms with Gasteiger partial charge in [-0.3, -0.25) is 14.4 Å². The molecule has 1 aromatic carbocycles. The predicted molar refractivity (Wildman–Crippen MR) is 109 cm³/mol. The zero-order valence-electron chi connectivity index (χ0n) is 17.3. The van der Waals surface area contributed by atoms with Crippen molar-refractivity contribution in [1.29, 1.82) is 0 Å². The van der Waals surface area contributed by atoms with Gasteiger partial charge in [-0.05, 0) is 25.3 Å². The molecule has 0 aromatic heterocycles. The number of amides is 2. The third-order valence-corrected chi connectivity index (χ3v) is 7.31. The van der Waals surface area contributed by atoms with E-state index in [1.165, 1.54) is 16.1 Å². The first-order valence-electron chi connectivity index (χ1n) is 9.89. The molecule has 31 heavy (non-hydrogen) atoms. The number of nitrogens with one attached hydrogen (secondary N) is 1. The molecule has 2 amide bonds. The Labute approximate surface area is 180 Å². The van der Waals surface area contributed by atoms with E-state index >= 15 is 0 Å². The van der Waals surface area contributed by atoms with Crippen LogP contribution in [0.5, 0.6) is 0 Å². The molecule has 2 fully saturated rings. The summed E-state index contributed by atoms with van der Waals surface area (Å²) in [5.74, 6) is -3.18. The van der Waals surface area contributed by atoms with Gasteiger partial charge >= 0.3 is 5.97 Å². The number of rotatable bonds is 7. The van der Waals surface area contributed by atoms with Gasteiger partial charge in [0, 0.05) is 12.6 Å². The average molecular weight is 452 g/mol. The van der Waals surface area contributed by atoms with Crippen molar-refractivity contribution in [2.45, 2.75) is 43.6 Å². The van der Waals surface area contributed by atoms with Crippen LogP contribution in [0, 0.1) is 0 Å². The summed E-state index contributed by atoms with van der Waals surface area (Å²) in [7, 11) is -2.63. The van der Waals surface area contributed by atoms with Crippen molar-refractivity contribution < 1.29 is 32.3 Å². The number of carbonyl (C=O) groups excluding carboxylic acids is 4. The van der Waals surface area contributed by atoms with Crippen LogP contribution in [0.4, 0.5) is 0 Å².